The van der Waals surface area contributed by atoms with Gasteiger partial charge >= 0.3 is 0 Å². The molecular weight excluding hydrogens is 300 g/mol. The average molecular weight is 314 g/mol. The standard InChI is InChI=1S/C17H14O2S2/c18-15(13-7-3-1-4-8-13)17(20-11-12-21-17)16(19)14-9-5-2-6-10-14/h1-10H,11-12H2. The van der Waals surface area contributed by atoms with Crippen LogP contribution in [0.5, 0.6) is 0 Å². The molecule has 0 spiro atoms. The number of ketones is 2. The molecule has 0 aliphatic carbocycles. The summed E-state index contributed by atoms with van der Waals surface area (Å²) in [6.07, 6.45) is 0. The zero-order valence-electron chi connectivity index (χ0n) is 11.3. The van der Waals surface area contributed by atoms with Gasteiger partial charge in [-0.15, -0.1) is 23.5 Å². The van der Waals surface area contributed by atoms with Gasteiger partial charge in [0.05, 0.1) is 0 Å². The highest BCUT2D eigenvalue weighted by Gasteiger charge is 2.50. The Hall–Kier alpha value is -1.52. The van der Waals surface area contributed by atoms with Crippen molar-refractivity contribution in [1.82, 2.24) is 0 Å². The molecule has 0 bridgehead atoms. The summed E-state index contributed by atoms with van der Waals surface area (Å²) in [5.74, 6) is 1.46. The van der Waals surface area contributed by atoms with E-state index in [1.54, 1.807) is 24.3 Å². The maximum Gasteiger partial charge on any atom is 0.196 e. The van der Waals surface area contributed by atoms with Gasteiger partial charge in [-0.2, -0.15) is 0 Å². The second-order valence-electron chi connectivity index (χ2n) is 4.70. The molecule has 4 heteroatoms. The number of carbonyl (C=O) groups is 2. The second-order valence-corrected chi connectivity index (χ2v) is 7.58. The lowest BCUT2D eigenvalue weighted by Gasteiger charge is -2.24. The van der Waals surface area contributed by atoms with Crippen LogP contribution < -0.4 is 0 Å². The SMILES string of the molecule is O=C(c1ccccc1)C1(C(=O)c2ccccc2)SCCS1. The van der Waals surface area contributed by atoms with Gasteiger partial charge in [0, 0.05) is 22.6 Å². The van der Waals surface area contributed by atoms with Crippen LogP contribution in [0, 0.1) is 0 Å². The van der Waals surface area contributed by atoms with E-state index in [-0.39, 0.29) is 11.6 Å². The molecule has 0 amide bonds. The van der Waals surface area contributed by atoms with E-state index in [9.17, 15) is 9.59 Å². The summed E-state index contributed by atoms with van der Waals surface area (Å²) in [5, 5.41) is 0. The third kappa shape index (κ3) is 2.65. The number of hydrogen-bond donors (Lipinski definition) is 0. The molecule has 0 atom stereocenters. The number of rotatable bonds is 4. The Balaban J connectivity index is 2.01. The first-order chi connectivity index (χ1) is 10.2. The third-order valence-electron chi connectivity index (χ3n) is 3.36. The maximum atomic E-state index is 12.9. The zero-order chi connectivity index (χ0) is 14.7. The molecule has 2 aromatic rings. The predicted molar refractivity (Wildman–Crippen MR) is 89.2 cm³/mol. The fourth-order valence-corrected chi connectivity index (χ4v) is 5.41. The third-order valence-corrected chi connectivity index (χ3v) is 6.70. The number of hydrogen-bond acceptors (Lipinski definition) is 4. The van der Waals surface area contributed by atoms with Crippen LogP contribution in [0.2, 0.25) is 0 Å². The number of Topliss-reactive ketones (excluding diaryl/α,β-unsaturated/α-hetero) is 2. The van der Waals surface area contributed by atoms with Crippen molar-refractivity contribution in [3.05, 3.63) is 71.8 Å². The van der Waals surface area contributed by atoms with Crippen molar-refractivity contribution in [2.24, 2.45) is 0 Å². The molecule has 1 saturated heterocycles. The van der Waals surface area contributed by atoms with Crippen LogP contribution in [0.15, 0.2) is 60.7 Å². The Labute approximate surface area is 132 Å². The monoisotopic (exact) mass is 314 g/mol. The van der Waals surface area contributed by atoms with Crippen molar-refractivity contribution < 1.29 is 9.59 Å². The van der Waals surface area contributed by atoms with Crippen LogP contribution in [-0.2, 0) is 0 Å². The van der Waals surface area contributed by atoms with Crippen LogP contribution in [-0.4, -0.2) is 27.2 Å². The Morgan fingerprint density at radius 2 is 1.10 bits per heavy atom. The van der Waals surface area contributed by atoms with Gasteiger partial charge in [-0.25, -0.2) is 0 Å². The molecule has 0 unspecified atom stereocenters. The van der Waals surface area contributed by atoms with E-state index in [1.165, 1.54) is 23.5 Å². The molecular formula is C17H14O2S2. The van der Waals surface area contributed by atoms with E-state index in [0.717, 1.165) is 11.5 Å². The molecule has 3 rings (SSSR count). The van der Waals surface area contributed by atoms with E-state index >= 15 is 0 Å². The summed E-state index contributed by atoms with van der Waals surface area (Å²) in [5.41, 5.74) is 1.20. The highest BCUT2D eigenvalue weighted by Crippen LogP contribution is 2.48. The normalized spacial score (nSPS) is 16.6. The lowest BCUT2D eigenvalue weighted by atomic mass is 10.0. The largest absolute Gasteiger partial charge is 0.291 e. The van der Waals surface area contributed by atoms with Gasteiger partial charge in [0.15, 0.2) is 15.6 Å². The zero-order valence-corrected chi connectivity index (χ0v) is 13.0. The molecule has 21 heavy (non-hydrogen) atoms. The first-order valence-corrected chi connectivity index (χ1v) is 8.69. The Bertz CT molecular complexity index is 594. The molecule has 0 aromatic heterocycles. The van der Waals surface area contributed by atoms with Gasteiger partial charge < -0.3 is 0 Å². The first-order valence-electron chi connectivity index (χ1n) is 6.72. The average Bonchev–Trinajstić information content (AvgIpc) is 3.06. The van der Waals surface area contributed by atoms with Crippen LogP contribution in [0.3, 0.4) is 0 Å². The van der Waals surface area contributed by atoms with Crippen LogP contribution in [0.4, 0.5) is 0 Å². The summed E-state index contributed by atoms with van der Waals surface area (Å²) >= 11 is 2.92. The minimum atomic E-state index is -1.03. The van der Waals surface area contributed by atoms with Crippen LogP contribution in [0.25, 0.3) is 0 Å². The summed E-state index contributed by atoms with van der Waals surface area (Å²) in [6, 6.07) is 18.2. The van der Waals surface area contributed by atoms with Gasteiger partial charge in [0.1, 0.15) is 0 Å². The van der Waals surface area contributed by atoms with Gasteiger partial charge in [-0.1, -0.05) is 60.7 Å². The maximum absolute atomic E-state index is 12.9. The second kappa shape index (κ2) is 6.08. The number of thioether (sulfide) groups is 2. The lowest BCUT2D eigenvalue weighted by Crippen LogP contribution is -2.38. The Kier molecular flexibility index (Phi) is 4.17. The molecule has 1 heterocycles. The van der Waals surface area contributed by atoms with E-state index in [0.29, 0.717) is 11.1 Å². The molecule has 2 aromatic carbocycles. The highest BCUT2D eigenvalue weighted by molar-refractivity contribution is 8.23. The quantitative estimate of drug-likeness (QED) is 0.632. The van der Waals surface area contributed by atoms with E-state index < -0.39 is 4.08 Å². The van der Waals surface area contributed by atoms with Crippen molar-refractivity contribution in [2.75, 3.05) is 11.5 Å². The Morgan fingerprint density at radius 3 is 1.48 bits per heavy atom. The molecule has 0 saturated carbocycles. The van der Waals surface area contributed by atoms with Gasteiger partial charge in [0.25, 0.3) is 0 Å². The van der Waals surface area contributed by atoms with E-state index in [1.807, 2.05) is 36.4 Å². The molecule has 0 N–H and O–H groups in total. The molecule has 0 radical (unpaired) electrons. The fourth-order valence-electron chi connectivity index (χ4n) is 2.34. The van der Waals surface area contributed by atoms with Crippen molar-refractivity contribution in [2.45, 2.75) is 4.08 Å². The molecule has 1 fully saturated rings. The van der Waals surface area contributed by atoms with Crippen molar-refractivity contribution in [1.29, 1.82) is 0 Å². The van der Waals surface area contributed by atoms with Crippen molar-refractivity contribution >= 4 is 35.1 Å². The van der Waals surface area contributed by atoms with Crippen molar-refractivity contribution in [3.63, 3.8) is 0 Å². The number of carbonyl (C=O) groups excluding carboxylic acids is 2. The minimum Gasteiger partial charge on any atom is -0.291 e. The minimum absolute atomic E-state index is 0.0931. The molecule has 106 valence electrons. The molecule has 1 aliphatic heterocycles. The fraction of sp³-hybridized carbons (Fsp3) is 0.176. The lowest BCUT2D eigenvalue weighted by molar-refractivity contribution is 0.0888. The highest BCUT2D eigenvalue weighted by atomic mass is 32.2. The Morgan fingerprint density at radius 1 is 0.714 bits per heavy atom. The summed E-state index contributed by atoms with van der Waals surface area (Å²) in [4.78, 5) is 25.8. The van der Waals surface area contributed by atoms with Gasteiger partial charge in [-0.3, -0.25) is 9.59 Å². The van der Waals surface area contributed by atoms with E-state index in [2.05, 4.69) is 0 Å². The smallest absolute Gasteiger partial charge is 0.196 e. The predicted octanol–water partition coefficient (Wildman–Crippen LogP) is 3.93. The van der Waals surface area contributed by atoms with E-state index in [4.69, 9.17) is 0 Å². The molecule has 1 aliphatic rings. The van der Waals surface area contributed by atoms with Crippen LogP contribution in [0.1, 0.15) is 20.7 Å². The van der Waals surface area contributed by atoms with Crippen molar-refractivity contribution in [3.8, 4) is 0 Å². The number of benzene rings is 2. The molecule has 2 nitrogen and oxygen atoms in total. The first kappa shape index (κ1) is 14.4. The van der Waals surface area contributed by atoms with Gasteiger partial charge in [-0.05, 0) is 0 Å². The topological polar surface area (TPSA) is 34.1 Å². The van der Waals surface area contributed by atoms with Gasteiger partial charge in [0.2, 0.25) is 0 Å². The summed E-state index contributed by atoms with van der Waals surface area (Å²) in [6.45, 7) is 0. The van der Waals surface area contributed by atoms with Crippen LogP contribution >= 0.6 is 23.5 Å². The summed E-state index contributed by atoms with van der Waals surface area (Å²) in [7, 11) is 0. The summed E-state index contributed by atoms with van der Waals surface area (Å²) < 4.78 is -1.03.